The lowest BCUT2D eigenvalue weighted by Crippen LogP contribution is -2.28. The van der Waals surface area contributed by atoms with Gasteiger partial charge >= 0.3 is 0 Å². The molecule has 1 atom stereocenters. The van der Waals surface area contributed by atoms with Crippen molar-refractivity contribution in [3.63, 3.8) is 0 Å². The Labute approximate surface area is 170 Å². The molecule has 2 aromatic rings. The van der Waals surface area contributed by atoms with Gasteiger partial charge in [-0.15, -0.1) is 0 Å². The van der Waals surface area contributed by atoms with Crippen LogP contribution in [0.3, 0.4) is 0 Å². The molecule has 1 fully saturated rings. The maximum absolute atomic E-state index is 12.6. The van der Waals surface area contributed by atoms with E-state index in [4.69, 9.17) is 11.6 Å². The molecule has 0 unspecified atom stereocenters. The Morgan fingerprint density at radius 3 is 2.59 bits per heavy atom. The van der Waals surface area contributed by atoms with Crippen LogP contribution in [0.5, 0.6) is 0 Å². The average Bonchev–Trinajstić information content (AvgIpc) is 2.99. The Balaban J connectivity index is 1.69. The molecule has 8 heteroatoms. The van der Waals surface area contributed by atoms with E-state index in [9.17, 15) is 14.4 Å². The first kappa shape index (κ1) is 19.4. The molecule has 1 aliphatic rings. The van der Waals surface area contributed by atoms with Gasteiger partial charge in [0.1, 0.15) is 0 Å². The molecule has 140 valence electrons. The maximum Gasteiger partial charge on any atom is 0.229 e. The number of anilines is 3. The maximum atomic E-state index is 12.6. The number of rotatable bonds is 4. The molecule has 0 spiro atoms. The van der Waals surface area contributed by atoms with Crippen LogP contribution in [-0.4, -0.2) is 24.3 Å². The molecule has 0 aliphatic carbocycles. The van der Waals surface area contributed by atoms with Gasteiger partial charge in [0.25, 0.3) is 0 Å². The number of hydrogen-bond donors (Lipinski definition) is 2. The molecular weight excluding hydrogens is 434 g/mol. The molecule has 0 aromatic heterocycles. The highest BCUT2D eigenvalue weighted by atomic mass is 79.9. The number of carbonyl (C=O) groups is 3. The molecule has 1 aliphatic heterocycles. The van der Waals surface area contributed by atoms with E-state index >= 15 is 0 Å². The lowest BCUT2D eigenvalue weighted by atomic mass is 10.1. The second-order valence-corrected chi connectivity index (χ2v) is 7.48. The van der Waals surface area contributed by atoms with Gasteiger partial charge in [0.15, 0.2) is 0 Å². The quantitative estimate of drug-likeness (QED) is 0.737. The first-order valence-corrected chi connectivity index (χ1v) is 9.45. The summed E-state index contributed by atoms with van der Waals surface area (Å²) in [5.74, 6) is -1.04. The summed E-state index contributed by atoms with van der Waals surface area (Å²) in [6.07, 6.45) is 0.144. The number of nitrogens with zero attached hydrogens (tertiary/aromatic N) is 1. The molecule has 0 saturated carbocycles. The predicted octanol–water partition coefficient (Wildman–Crippen LogP) is 4.05. The second-order valence-electron chi connectivity index (χ2n) is 6.22. The topological polar surface area (TPSA) is 78.5 Å². The van der Waals surface area contributed by atoms with Crippen molar-refractivity contribution in [2.24, 2.45) is 5.92 Å². The molecule has 1 saturated heterocycles. The number of para-hydroxylation sites is 1. The smallest absolute Gasteiger partial charge is 0.229 e. The number of carbonyl (C=O) groups excluding carboxylic acids is 3. The molecule has 1 heterocycles. The van der Waals surface area contributed by atoms with E-state index in [1.807, 2.05) is 24.3 Å². The third kappa shape index (κ3) is 4.48. The first-order chi connectivity index (χ1) is 12.8. The van der Waals surface area contributed by atoms with E-state index in [-0.39, 0.29) is 24.1 Å². The minimum Gasteiger partial charge on any atom is -0.326 e. The highest BCUT2D eigenvalue weighted by Gasteiger charge is 2.35. The molecule has 3 rings (SSSR count). The summed E-state index contributed by atoms with van der Waals surface area (Å²) in [5, 5.41) is 5.71. The van der Waals surface area contributed by atoms with Crippen LogP contribution >= 0.6 is 27.5 Å². The third-order valence-electron chi connectivity index (χ3n) is 4.19. The molecule has 3 amide bonds. The zero-order valence-electron chi connectivity index (χ0n) is 14.5. The van der Waals surface area contributed by atoms with E-state index in [0.717, 1.165) is 10.2 Å². The van der Waals surface area contributed by atoms with Crippen LogP contribution < -0.4 is 15.5 Å². The summed E-state index contributed by atoms with van der Waals surface area (Å²) in [6.45, 7) is 1.70. The highest BCUT2D eigenvalue weighted by molar-refractivity contribution is 9.10. The molecule has 2 aromatic carbocycles. The Kier molecular flexibility index (Phi) is 5.82. The van der Waals surface area contributed by atoms with Crippen molar-refractivity contribution in [2.45, 2.75) is 13.3 Å². The van der Waals surface area contributed by atoms with Gasteiger partial charge in [-0.2, -0.15) is 0 Å². The number of nitrogens with one attached hydrogen (secondary N) is 2. The number of amides is 3. The van der Waals surface area contributed by atoms with Crippen LogP contribution in [0.1, 0.15) is 13.3 Å². The zero-order chi connectivity index (χ0) is 19.6. The Morgan fingerprint density at radius 1 is 1.19 bits per heavy atom. The minimum atomic E-state index is -0.460. The van der Waals surface area contributed by atoms with Gasteiger partial charge in [-0.25, -0.2) is 0 Å². The van der Waals surface area contributed by atoms with E-state index in [0.29, 0.717) is 22.9 Å². The van der Waals surface area contributed by atoms with Crippen molar-refractivity contribution >= 4 is 62.3 Å². The number of hydrogen-bond acceptors (Lipinski definition) is 3. The van der Waals surface area contributed by atoms with Crippen LogP contribution in [0.4, 0.5) is 17.1 Å². The van der Waals surface area contributed by atoms with E-state index in [1.165, 1.54) is 6.92 Å². The van der Waals surface area contributed by atoms with Crippen molar-refractivity contribution in [3.8, 4) is 0 Å². The highest BCUT2D eigenvalue weighted by Crippen LogP contribution is 2.32. The fraction of sp³-hybridized carbons (Fsp3) is 0.211. The van der Waals surface area contributed by atoms with Gasteiger partial charge in [0, 0.05) is 30.0 Å². The fourth-order valence-corrected chi connectivity index (χ4v) is 3.64. The van der Waals surface area contributed by atoms with Crippen molar-refractivity contribution in [2.75, 3.05) is 22.1 Å². The standard InChI is InChI=1S/C19H17BrClN3O3/c1-11(25)22-16-7-6-13(9-15(16)21)23-19(27)12-8-18(26)24(10-12)17-5-3-2-4-14(17)20/h2-7,9,12H,8,10H2,1H3,(H,22,25)(H,23,27)/t12-/m0/s1. The molecule has 0 radical (unpaired) electrons. The summed E-state index contributed by atoms with van der Waals surface area (Å²) >= 11 is 9.56. The van der Waals surface area contributed by atoms with Crippen molar-refractivity contribution < 1.29 is 14.4 Å². The van der Waals surface area contributed by atoms with Crippen LogP contribution in [0, 0.1) is 5.92 Å². The Bertz CT molecular complexity index is 919. The van der Waals surface area contributed by atoms with Crippen molar-refractivity contribution in [1.82, 2.24) is 0 Å². The van der Waals surface area contributed by atoms with E-state index in [2.05, 4.69) is 26.6 Å². The predicted molar refractivity (Wildman–Crippen MR) is 109 cm³/mol. The Hall–Kier alpha value is -2.38. The fourth-order valence-electron chi connectivity index (χ4n) is 2.91. The summed E-state index contributed by atoms with van der Waals surface area (Å²) in [6, 6.07) is 12.2. The summed E-state index contributed by atoms with van der Waals surface area (Å²) in [5.41, 5.74) is 1.73. The molecule has 0 bridgehead atoms. The largest absolute Gasteiger partial charge is 0.326 e. The van der Waals surface area contributed by atoms with E-state index in [1.54, 1.807) is 23.1 Å². The van der Waals surface area contributed by atoms with Crippen LogP contribution in [0.25, 0.3) is 0 Å². The zero-order valence-corrected chi connectivity index (χ0v) is 16.8. The monoisotopic (exact) mass is 449 g/mol. The van der Waals surface area contributed by atoms with Gasteiger partial charge in [-0.3, -0.25) is 14.4 Å². The molecular formula is C19H17BrClN3O3. The van der Waals surface area contributed by atoms with Gasteiger partial charge in [0.05, 0.1) is 22.3 Å². The normalized spacial score (nSPS) is 16.3. The van der Waals surface area contributed by atoms with E-state index < -0.39 is 5.92 Å². The SMILES string of the molecule is CC(=O)Nc1ccc(NC(=O)[C@H]2CC(=O)N(c3ccccc3Br)C2)cc1Cl. The lowest BCUT2D eigenvalue weighted by Gasteiger charge is -2.18. The lowest BCUT2D eigenvalue weighted by molar-refractivity contribution is -0.122. The van der Waals surface area contributed by atoms with Crippen molar-refractivity contribution in [1.29, 1.82) is 0 Å². The number of benzene rings is 2. The van der Waals surface area contributed by atoms with Gasteiger partial charge in [0.2, 0.25) is 17.7 Å². The summed E-state index contributed by atoms with van der Waals surface area (Å²) < 4.78 is 0.805. The third-order valence-corrected chi connectivity index (χ3v) is 5.17. The first-order valence-electron chi connectivity index (χ1n) is 8.28. The molecule has 2 N–H and O–H groups in total. The average molecular weight is 451 g/mol. The second kappa shape index (κ2) is 8.10. The minimum absolute atomic E-state index is 0.0962. The van der Waals surface area contributed by atoms with Crippen LogP contribution in [-0.2, 0) is 14.4 Å². The molecule has 6 nitrogen and oxygen atoms in total. The van der Waals surface area contributed by atoms with Gasteiger partial charge < -0.3 is 15.5 Å². The molecule has 27 heavy (non-hydrogen) atoms. The van der Waals surface area contributed by atoms with Gasteiger partial charge in [-0.05, 0) is 46.3 Å². The number of halogens is 2. The Morgan fingerprint density at radius 2 is 1.93 bits per heavy atom. The summed E-state index contributed by atoms with van der Waals surface area (Å²) in [7, 11) is 0. The van der Waals surface area contributed by atoms with Gasteiger partial charge in [-0.1, -0.05) is 23.7 Å². The van der Waals surface area contributed by atoms with Crippen LogP contribution in [0.15, 0.2) is 46.9 Å². The van der Waals surface area contributed by atoms with Crippen molar-refractivity contribution in [3.05, 3.63) is 52.0 Å². The summed E-state index contributed by atoms with van der Waals surface area (Å²) in [4.78, 5) is 37.7. The van der Waals surface area contributed by atoms with Crippen LogP contribution in [0.2, 0.25) is 5.02 Å².